The molecule has 2 heterocycles. The van der Waals surface area contributed by atoms with Crippen molar-refractivity contribution in [2.45, 2.75) is 51.1 Å². The molecular weight excluding hydrogens is 426 g/mol. The maximum atomic E-state index is 13.5. The highest BCUT2D eigenvalue weighted by Crippen LogP contribution is 2.45. The third-order valence-electron chi connectivity index (χ3n) is 6.28. The lowest BCUT2D eigenvalue weighted by Crippen LogP contribution is -2.40. The van der Waals surface area contributed by atoms with Crippen molar-refractivity contribution < 1.29 is 4.79 Å². The number of aromatic amines is 1. The molecule has 1 saturated carbocycles. The first-order chi connectivity index (χ1) is 14.1. The van der Waals surface area contributed by atoms with Crippen molar-refractivity contribution in [3.05, 3.63) is 75.4 Å². The number of halogens is 1. The summed E-state index contributed by atoms with van der Waals surface area (Å²) in [5.41, 5.74) is 5.96. The number of fused-ring (bicyclic) bond motifs is 1. The number of hydrogen-bond donors (Lipinski definition) is 1. The molecule has 2 aliphatic rings. The van der Waals surface area contributed by atoms with E-state index in [0.717, 1.165) is 39.7 Å². The highest BCUT2D eigenvalue weighted by Gasteiger charge is 2.45. The molecule has 3 aromatic rings. The number of H-pyrrole nitrogens is 1. The fourth-order valence-electron chi connectivity index (χ4n) is 4.81. The first kappa shape index (κ1) is 18.6. The van der Waals surface area contributed by atoms with Gasteiger partial charge in [0.25, 0.3) is 5.91 Å². The Hall–Kier alpha value is -2.40. The summed E-state index contributed by atoms with van der Waals surface area (Å²) < 4.78 is 1.04. The van der Waals surface area contributed by atoms with Crippen molar-refractivity contribution in [3.8, 4) is 11.3 Å². The zero-order valence-corrected chi connectivity index (χ0v) is 18.1. The lowest BCUT2D eigenvalue weighted by molar-refractivity contribution is 0.0606. The third-order valence-corrected chi connectivity index (χ3v) is 6.81. The van der Waals surface area contributed by atoms with Crippen LogP contribution in [-0.2, 0) is 0 Å². The quantitative estimate of drug-likeness (QED) is 0.530. The second-order valence-corrected chi connectivity index (χ2v) is 9.10. The van der Waals surface area contributed by atoms with Crippen molar-refractivity contribution in [2.24, 2.45) is 0 Å². The van der Waals surface area contributed by atoms with E-state index < -0.39 is 0 Å². The molecule has 1 amide bonds. The van der Waals surface area contributed by atoms with Gasteiger partial charge in [-0.2, -0.15) is 5.10 Å². The number of carbonyl (C=O) groups excluding carboxylic acids is 1. The van der Waals surface area contributed by atoms with Crippen LogP contribution in [0.4, 0.5) is 0 Å². The van der Waals surface area contributed by atoms with E-state index in [2.05, 4.69) is 86.5 Å². The molecule has 1 fully saturated rings. The van der Waals surface area contributed by atoms with Gasteiger partial charge in [0.05, 0.1) is 11.7 Å². The average molecular weight is 450 g/mol. The monoisotopic (exact) mass is 449 g/mol. The van der Waals surface area contributed by atoms with Gasteiger partial charge < -0.3 is 4.90 Å². The molecule has 0 bridgehead atoms. The van der Waals surface area contributed by atoms with Crippen LogP contribution in [0.3, 0.4) is 0 Å². The minimum absolute atomic E-state index is 0.0886. The molecule has 5 rings (SSSR count). The van der Waals surface area contributed by atoms with Crippen molar-refractivity contribution in [3.63, 3.8) is 0 Å². The van der Waals surface area contributed by atoms with Crippen LogP contribution in [0.2, 0.25) is 0 Å². The molecule has 1 aromatic heterocycles. The molecule has 4 nitrogen and oxygen atoms in total. The Balaban J connectivity index is 1.65. The van der Waals surface area contributed by atoms with Gasteiger partial charge in [0, 0.05) is 21.6 Å². The molecule has 29 heavy (non-hydrogen) atoms. The summed E-state index contributed by atoms with van der Waals surface area (Å²) in [7, 11) is 0. The van der Waals surface area contributed by atoms with Crippen LogP contribution in [0.25, 0.3) is 11.3 Å². The summed E-state index contributed by atoms with van der Waals surface area (Å²) in [6, 6.07) is 16.9. The fraction of sp³-hybridized carbons (Fsp3) is 0.333. The maximum Gasteiger partial charge on any atom is 0.273 e. The van der Waals surface area contributed by atoms with E-state index in [1.54, 1.807) is 0 Å². The fourth-order valence-corrected chi connectivity index (χ4v) is 5.07. The van der Waals surface area contributed by atoms with E-state index in [0.29, 0.717) is 5.69 Å². The largest absolute Gasteiger partial charge is 0.323 e. The first-order valence-electron chi connectivity index (χ1n) is 10.4. The molecule has 1 aliphatic carbocycles. The second-order valence-electron chi connectivity index (χ2n) is 8.19. The minimum Gasteiger partial charge on any atom is -0.323 e. The van der Waals surface area contributed by atoms with Crippen LogP contribution in [0.1, 0.15) is 65.3 Å². The van der Waals surface area contributed by atoms with Crippen LogP contribution >= 0.6 is 15.9 Å². The van der Waals surface area contributed by atoms with E-state index in [4.69, 9.17) is 0 Å². The van der Waals surface area contributed by atoms with Crippen molar-refractivity contribution in [2.75, 3.05) is 0 Å². The summed E-state index contributed by atoms with van der Waals surface area (Å²) in [4.78, 5) is 15.6. The Morgan fingerprint density at radius 3 is 2.38 bits per heavy atom. The Morgan fingerprint density at radius 1 is 1.00 bits per heavy atom. The van der Waals surface area contributed by atoms with Gasteiger partial charge >= 0.3 is 0 Å². The van der Waals surface area contributed by atoms with Gasteiger partial charge in [-0.25, -0.2) is 0 Å². The van der Waals surface area contributed by atoms with Crippen molar-refractivity contribution in [1.29, 1.82) is 0 Å². The highest BCUT2D eigenvalue weighted by atomic mass is 79.9. The van der Waals surface area contributed by atoms with E-state index >= 15 is 0 Å². The summed E-state index contributed by atoms with van der Waals surface area (Å²) in [5.74, 6) is 0.0886. The van der Waals surface area contributed by atoms with Crippen LogP contribution in [0.15, 0.2) is 53.0 Å². The molecule has 1 atom stereocenters. The molecule has 1 aliphatic heterocycles. The molecule has 0 radical (unpaired) electrons. The molecule has 0 spiro atoms. The van der Waals surface area contributed by atoms with Gasteiger partial charge in [0.2, 0.25) is 0 Å². The van der Waals surface area contributed by atoms with Gasteiger partial charge in [-0.05, 0) is 37.5 Å². The van der Waals surface area contributed by atoms with Crippen molar-refractivity contribution in [1.82, 2.24) is 15.1 Å². The zero-order valence-electron chi connectivity index (χ0n) is 16.5. The van der Waals surface area contributed by atoms with Gasteiger partial charge in [-0.15, -0.1) is 0 Å². The minimum atomic E-state index is -0.0937. The number of nitrogens with one attached hydrogen (secondary N) is 1. The lowest BCUT2D eigenvalue weighted by Gasteiger charge is -2.36. The number of benzene rings is 2. The Bertz CT molecular complexity index is 1030. The molecule has 2 aromatic carbocycles. The van der Waals surface area contributed by atoms with Crippen molar-refractivity contribution >= 4 is 21.8 Å². The zero-order chi connectivity index (χ0) is 20.0. The van der Waals surface area contributed by atoms with Gasteiger partial charge in [0.15, 0.2) is 0 Å². The summed E-state index contributed by atoms with van der Waals surface area (Å²) in [5, 5.41) is 7.66. The van der Waals surface area contributed by atoms with E-state index in [-0.39, 0.29) is 18.0 Å². The summed E-state index contributed by atoms with van der Waals surface area (Å²) >= 11 is 3.54. The van der Waals surface area contributed by atoms with Crippen LogP contribution in [0, 0.1) is 6.92 Å². The Labute approximate surface area is 179 Å². The summed E-state index contributed by atoms with van der Waals surface area (Å²) in [6.07, 6.45) is 5.81. The first-order valence-corrected chi connectivity index (χ1v) is 11.2. The van der Waals surface area contributed by atoms with Gasteiger partial charge in [0.1, 0.15) is 5.69 Å². The maximum absolute atomic E-state index is 13.5. The smallest absolute Gasteiger partial charge is 0.273 e. The Morgan fingerprint density at radius 2 is 1.69 bits per heavy atom. The van der Waals surface area contributed by atoms with Crippen LogP contribution in [-0.4, -0.2) is 27.0 Å². The van der Waals surface area contributed by atoms with Crippen LogP contribution < -0.4 is 0 Å². The topological polar surface area (TPSA) is 49.0 Å². The number of aryl methyl sites for hydroxylation is 1. The predicted octanol–water partition coefficient (Wildman–Crippen LogP) is 6.03. The number of nitrogens with zero attached hydrogens (tertiary/aromatic N) is 2. The molecule has 1 N–H and O–H groups in total. The third kappa shape index (κ3) is 3.21. The highest BCUT2D eigenvalue weighted by molar-refractivity contribution is 9.10. The van der Waals surface area contributed by atoms with E-state index in [1.807, 2.05) is 0 Å². The normalized spacial score (nSPS) is 19.6. The number of aromatic nitrogens is 2. The molecule has 1 unspecified atom stereocenters. The second kappa shape index (κ2) is 7.45. The average Bonchev–Trinajstić information content (AvgIpc) is 3.29. The lowest BCUT2D eigenvalue weighted by atomic mass is 9.91. The van der Waals surface area contributed by atoms with Gasteiger partial charge in [-0.1, -0.05) is 77.2 Å². The van der Waals surface area contributed by atoms with Gasteiger partial charge in [-0.3, -0.25) is 9.89 Å². The SMILES string of the molecule is Cc1ccc(-c2n[nH]c3c2C(c2ccc(Br)cc2)N(C2CCCCC2)C3=O)cc1. The molecule has 0 saturated heterocycles. The van der Waals surface area contributed by atoms with E-state index in [9.17, 15) is 4.79 Å². The number of rotatable bonds is 3. The van der Waals surface area contributed by atoms with Crippen LogP contribution in [0.5, 0.6) is 0 Å². The predicted molar refractivity (Wildman–Crippen MR) is 118 cm³/mol. The molecular formula is C24H24BrN3O. The number of hydrogen-bond acceptors (Lipinski definition) is 2. The number of amides is 1. The summed E-state index contributed by atoms with van der Waals surface area (Å²) in [6.45, 7) is 2.08. The number of carbonyl (C=O) groups is 1. The molecule has 148 valence electrons. The van der Waals surface area contributed by atoms with E-state index in [1.165, 1.54) is 24.8 Å². The standard InChI is InChI=1S/C24H24BrN3O/c1-15-7-9-16(10-8-15)21-20-22(27-26-21)24(29)28(19-5-3-2-4-6-19)23(20)17-11-13-18(25)14-12-17/h7-14,19,23H,2-6H2,1H3,(H,26,27). The molecule has 5 heteroatoms. The Kier molecular flexibility index (Phi) is 4.78.